The molecule has 2 N–H and O–H groups in total. The molecule has 0 unspecified atom stereocenters. The lowest BCUT2D eigenvalue weighted by molar-refractivity contribution is -0.385. The van der Waals surface area contributed by atoms with Crippen LogP contribution in [0.3, 0.4) is 0 Å². The molecule has 140 valence electrons. The zero-order valence-corrected chi connectivity index (χ0v) is 15.0. The van der Waals surface area contributed by atoms with E-state index in [4.69, 9.17) is 4.74 Å². The van der Waals surface area contributed by atoms with Crippen molar-refractivity contribution < 1.29 is 24.5 Å². The molecular formula is C15H11BrN4O7. The van der Waals surface area contributed by atoms with Gasteiger partial charge in [0.1, 0.15) is 11.5 Å². The number of hydrogen-bond donors (Lipinski definition) is 2. The Balaban J connectivity index is 1.95. The Labute approximate surface area is 159 Å². The Hall–Kier alpha value is -3.54. The van der Waals surface area contributed by atoms with Gasteiger partial charge in [-0.2, -0.15) is 5.10 Å². The topological polar surface area (TPSA) is 157 Å². The van der Waals surface area contributed by atoms with E-state index in [1.165, 1.54) is 18.2 Å². The molecule has 0 heterocycles. The highest BCUT2D eigenvalue weighted by Gasteiger charge is 2.13. The number of hydrogen-bond acceptors (Lipinski definition) is 8. The molecular weight excluding hydrogens is 428 g/mol. The summed E-state index contributed by atoms with van der Waals surface area (Å²) < 4.78 is 5.51. The minimum atomic E-state index is -0.667. The van der Waals surface area contributed by atoms with E-state index in [9.17, 15) is 30.1 Å². The van der Waals surface area contributed by atoms with E-state index in [2.05, 4.69) is 26.5 Å². The zero-order chi connectivity index (χ0) is 20.0. The molecule has 0 aliphatic carbocycles. The number of hydrazone groups is 1. The molecule has 0 aliphatic rings. The van der Waals surface area contributed by atoms with Crippen molar-refractivity contribution in [2.24, 2.45) is 5.10 Å². The second-order valence-electron chi connectivity index (χ2n) is 4.95. The Morgan fingerprint density at radius 3 is 2.59 bits per heavy atom. The highest BCUT2D eigenvalue weighted by Crippen LogP contribution is 2.29. The number of amides is 1. The summed E-state index contributed by atoms with van der Waals surface area (Å²) in [7, 11) is 0. The van der Waals surface area contributed by atoms with Gasteiger partial charge in [0.2, 0.25) is 0 Å². The molecule has 0 atom stereocenters. The third kappa shape index (κ3) is 5.47. The maximum absolute atomic E-state index is 11.7. The summed E-state index contributed by atoms with van der Waals surface area (Å²) in [5, 5.41) is 34.5. The van der Waals surface area contributed by atoms with E-state index in [0.717, 1.165) is 24.4 Å². The number of nitro benzene ring substituents is 2. The number of phenolic OH excluding ortho intramolecular Hbond substituents is 1. The first-order valence-electron chi connectivity index (χ1n) is 7.14. The molecule has 0 saturated heterocycles. The normalized spacial score (nSPS) is 10.6. The quantitative estimate of drug-likeness (QED) is 0.381. The highest BCUT2D eigenvalue weighted by molar-refractivity contribution is 9.10. The van der Waals surface area contributed by atoms with Crippen LogP contribution in [0, 0.1) is 20.2 Å². The average molecular weight is 439 g/mol. The van der Waals surface area contributed by atoms with E-state index >= 15 is 0 Å². The van der Waals surface area contributed by atoms with Gasteiger partial charge in [0, 0.05) is 18.2 Å². The Morgan fingerprint density at radius 1 is 1.22 bits per heavy atom. The van der Waals surface area contributed by atoms with Crippen molar-refractivity contribution in [2.75, 3.05) is 6.61 Å². The molecule has 0 aliphatic heterocycles. The van der Waals surface area contributed by atoms with Crippen molar-refractivity contribution in [3.8, 4) is 11.5 Å². The van der Waals surface area contributed by atoms with Crippen LogP contribution in [0.25, 0.3) is 0 Å². The predicted octanol–water partition coefficient (Wildman–Crippen LogP) is 2.50. The molecule has 0 radical (unpaired) electrons. The third-order valence-corrected chi connectivity index (χ3v) is 3.71. The van der Waals surface area contributed by atoms with Gasteiger partial charge in [0.05, 0.1) is 26.1 Å². The molecule has 27 heavy (non-hydrogen) atoms. The maximum Gasteiger partial charge on any atom is 0.278 e. The van der Waals surface area contributed by atoms with Gasteiger partial charge in [0.15, 0.2) is 6.61 Å². The average Bonchev–Trinajstić information content (AvgIpc) is 2.60. The molecule has 11 nitrogen and oxygen atoms in total. The molecule has 0 saturated carbocycles. The first-order chi connectivity index (χ1) is 12.8. The summed E-state index contributed by atoms with van der Waals surface area (Å²) in [6.07, 6.45) is 1.01. The van der Waals surface area contributed by atoms with Crippen LogP contribution in [0.2, 0.25) is 0 Å². The van der Waals surface area contributed by atoms with Crippen LogP contribution >= 0.6 is 15.9 Å². The Morgan fingerprint density at radius 2 is 1.96 bits per heavy atom. The number of nitrogens with zero attached hydrogens (tertiary/aromatic N) is 3. The van der Waals surface area contributed by atoms with Gasteiger partial charge in [-0.1, -0.05) is 0 Å². The first-order valence-corrected chi connectivity index (χ1v) is 7.93. The number of nitrogens with one attached hydrogen (secondary N) is 1. The molecule has 12 heteroatoms. The van der Waals surface area contributed by atoms with E-state index in [-0.39, 0.29) is 28.4 Å². The summed E-state index contributed by atoms with van der Waals surface area (Å²) in [6.45, 7) is -0.449. The smallest absolute Gasteiger partial charge is 0.278 e. The number of aromatic hydroxyl groups is 1. The van der Waals surface area contributed by atoms with Crippen molar-refractivity contribution >= 4 is 39.4 Å². The number of carbonyl (C=O) groups is 1. The lowest BCUT2D eigenvalue weighted by Gasteiger charge is -2.06. The fraction of sp³-hybridized carbons (Fsp3) is 0.0667. The minimum absolute atomic E-state index is 0.000619. The molecule has 0 spiro atoms. The van der Waals surface area contributed by atoms with Crippen molar-refractivity contribution in [3.63, 3.8) is 0 Å². The van der Waals surface area contributed by atoms with Gasteiger partial charge in [-0.25, -0.2) is 5.43 Å². The number of ether oxygens (including phenoxy) is 1. The highest BCUT2D eigenvalue weighted by atomic mass is 79.9. The number of non-ortho nitro benzene ring substituents is 1. The monoisotopic (exact) mass is 438 g/mol. The molecule has 0 fully saturated rings. The van der Waals surface area contributed by atoms with Crippen molar-refractivity contribution in [1.29, 1.82) is 0 Å². The number of halogens is 1. The number of benzene rings is 2. The third-order valence-electron chi connectivity index (χ3n) is 3.09. The lowest BCUT2D eigenvalue weighted by Crippen LogP contribution is -2.24. The number of rotatable bonds is 7. The number of phenols is 1. The van der Waals surface area contributed by atoms with E-state index in [1.54, 1.807) is 0 Å². The van der Waals surface area contributed by atoms with Gasteiger partial charge < -0.3 is 9.84 Å². The van der Waals surface area contributed by atoms with Crippen LogP contribution in [0.1, 0.15) is 5.56 Å². The Bertz CT molecular complexity index is 932. The van der Waals surface area contributed by atoms with Crippen LogP contribution in [0.5, 0.6) is 11.5 Å². The molecule has 2 aromatic carbocycles. The number of nitro groups is 2. The summed E-state index contributed by atoms with van der Waals surface area (Å²) in [6, 6.07) is 7.16. The van der Waals surface area contributed by atoms with Crippen LogP contribution in [0.4, 0.5) is 11.4 Å². The van der Waals surface area contributed by atoms with Gasteiger partial charge in [0.25, 0.3) is 17.3 Å². The van der Waals surface area contributed by atoms with E-state index in [1.807, 2.05) is 0 Å². The van der Waals surface area contributed by atoms with Crippen molar-refractivity contribution in [3.05, 3.63) is 66.7 Å². The van der Waals surface area contributed by atoms with E-state index in [0.29, 0.717) is 4.47 Å². The van der Waals surface area contributed by atoms with Gasteiger partial charge in [-0.05, 0) is 34.1 Å². The maximum atomic E-state index is 11.7. The van der Waals surface area contributed by atoms with Crippen LogP contribution in [0.15, 0.2) is 46.0 Å². The lowest BCUT2D eigenvalue weighted by atomic mass is 10.2. The molecule has 2 aromatic rings. The van der Waals surface area contributed by atoms with E-state index < -0.39 is 22.4 Å². The second kappa shape index (κ2) is 8.71. The SMILES string of the molecule is O=C(COc1ccc([N+](=O)[O-])cc1Br)N/N=C\c1cc(O)ccc1[N+](=O)[O-]. The van der Waals surface area contributed by atoms with Crippen molar-refractivity contribution in [1.82, 2.24) is 5.43 Å². The van der Waals surface area contributed by atoms with Crippen LogP contribution in [-0.2, 0) is 4.79 Å². The molecule has 2 rings (SSSR count). The van der Waals surface area contributed by atoms with Crippen molar-refractivity contribution in [2.45, 2.75) is 0 Å². The molecule has 0 bridgehead atoms. The van der Waals surface area contributed by atoms with Crippen LogP contribution in [-0.4, -0.2) is 33.7 Å². The largest absolute Gasteiger partial charge is 0.508 e. The second-order valence-corrected chi connectivity index (χ2v) is 5.81. The Kier molecular flexibility index (Phi) is 6.38. The summed E-state index contributed by atoms with van der Waals surface area (Å²) >= 11 is 3.10. The fourth-order valence-electron chi connectivity index (χ4n) is 1.88. The first kappa shape index (κ1) is 19.8. The molecule has 1 amide bonds. The van der Waals surface area contributed by atoms with Gasteiger partial charge >= 0.3 is 0 Å². The van der Waals surface area contributed by atoms with Crippen LogP contribution < -0.4 is 10.2 Å². The summed E-state index contributed by atoms with van der Waals surface area (Å²) in [5.74, 6) is -0.651. The summed E-state index contributed by atoms with van der Waals surface area (Å²) in [4.78, 5) is 32.0. The van der Waals surface area contributed by atoms with Gasteiger partial charge in [-0.15, -0.1) is 0 Å². The standard InChI is InChI=1S/C15H11BrN4O7/c16-12-6-10(19(23)24)1-4-14(12)27-8-15(22)18-17-7-9-5-11(21)2-3-13(9)20(25)26/h1-7,21H,8H2,(H,18,22)/b17-7-. The molecule has 0 aromatic heterocycles. The fourth-order valence-corrected chi connectivity index (χ4v) is 2.36. The summed E-state index contributed by atoms with van der Waals surface area (Å²) in [5.41, 5.74) is 1.68. The minimum Gasteiger partial charge on any atom is -0.508 e. The van der Waals surface area contributed by atoms with Gasteiger partial charge in [-0.3, -0.25) is 25.0 Å². The predicted molar refractivity (Wildman–Crippen MR) is 96.8 cm³/mol. The number of carbonyl (C=O) groups excluding carboxylic acids is 1. The zero-order valence-electron chi connectivity index (χ0n) is 13.4.